The standard InChI is InChI=1S/C21H20N2O3/c24-21(26-14-15-5-2-1-3-6-15)22-11-10-16-13-23-18-8-9-19-17(20(16)18)7-4-12-25-19/h1-9,13,23H,10-12,14H2,(H,22,24). The molecule has 0 atom stereocenters. The summed E-state index contributed by atoms with van der Waals surface area (Å²) in [5, 5.41) is 3.96. The average molecular weight is 348 g/mol. The van der Waals surface area contributed by atoms with E-state index in [1.165, 1.54) is 0 Å². The number of rotatable bonds is 5. The first-order valence-corrected chi connectivity index (χ1v) is 8.68. The molecule has 1 amide bonds. The number of nitrogens with one attached hydrogen (secondary N) is 2. The predicted octanol–water partition coefficient (Wildman–Crippen LogP) is 4.04. The van der Waals surface area contributed by atoms with Crippen molar-refractivity contribution in [3.05, 3.63) is 71.4 Å². The number of aromatic amines is 1. The van der Waals surface area contributed by atoms with E-state index in [2.05, 4.69) is 16.4 Å². The number of hydrogen-bond donors (Lipinski definition) is 2. The van der Waals surface area contributed by atoms with Gasteiger partial charge in [-0.05, 0) is 35.8 Å². The Balaban J connectivity index is 1.36. The van der Waals surface area contributed by atoms with Gasteiger partial charge in [-0.25, -0.2) is 4.79 Å². The minimum absolute atomic E-state index is 0.273. The second kappa shape index (κ2) is 7.35. The number of benzene rings is 2. The zero-order valence-electron chi connectivity index (χ0n) is 14.3. The Hall–Kier alpha value is -3.21. The zero-order valence-corrected chi connectivity index (χ0v) is 14.3. The Bertz CT molecular complexity index is 945. The van der Waals surface area contributed by atoms with Crippen LogP contribution in [-0.4, -0.2) is 24.2 Å². The molecular formula is C21H20N2O3. The molecule has 26 heavy (non-hydrogen) atoms. The van der Waals surface area contributed by atoms with Gasteiger partial charge in [0.2, 0.25) is 0 Å². The highest BCUT2D eigenvalue weighted by Crippen LogP contribution is 2.33. The molecule has 3 aromatic rings. The molecule has 132 valence electrons. The lowest BCUT2D eigenvalue weighted by atomic mass is 10.0. The van der Waals surface area contributed by atoms with Gasteiger partial charge in [0.1, 0.15) is 19.0 Å². The lowest BCUT2D eigenvalue weighted by Crippen LogP contribution is -2.26. The third kappa shape index (κ3) is 3.42. The molecule has 0 fully saturated rings. The van der Waals surface area contributed by atoms with Crippen molar-refractivity contribution >= 4 is 23.1 Å². The fourth-order valence-corrected chi connectivity index (χ4v) is 3.17. The van der Waals surface area contributed by atoms with Crippen LogP contribution in [0.5, 0.6) is 5.75 Å². The molecular weight excluding hydrogens is 328 g/mol. The second-order valence-electron chi connectivity index (χ2n) is 6.17. The van der Waals surface area contributed by atoms with Crippen molar-refractivity contribution in [3.8, 4) is 5.75 Å². The number of ether oxygens (including phenoxy) is 2. The Morgan fingerprint density at radius 1 is 1.19 bits per heavy atom. The van der Waals surface area contributed by atoms with Crippen LogP contribution in [0.4, 0.5) is 4.79 Å². The van der Waals surface area contributed by atoms with Crippen molar-refractivity contribution in [2.45, 2.75) is 13.0 Å². The van der Waals surface area contributed by atoms with Crippen LogP contribution in [0, 0.1) is 0 Å². The first-order valence-electron chi connectivity index (χ1n) is 8.68. The number of carbonyl (C=O) groups excluding carboxylic acids is 1. The normalized spacial score (nSPS) is 12.5. The molecule has 0 bridgehead atoms. The summed E-state index contributed by atoms with van der Waals surface area (Å²) in [4.78, 5) is 15.2. The highest BCUT2D eigenvalue weighted by atomic mass is 16.5. The first kappa shape index (κ1) is 16.3. The quantitative estimate of drug-likeness (QED) is 0.731. The summed E-state index contributed by atoms with van der Waals surface area (Å²) in [5.41, 5.74) is 4.28. The van der Waals surface area contributed by atoms with Crippen molar-refractivity contribution in [2.24, 2.45) is 0 Å². The molecule has 1 aromatic heterocycles. The minimum Gasteiger partial charge on any atom is -0.489 e. The fraction of sp³-hybridized carbons (Fsp3) is 0.190. The van der Waals surface area contributed by atoms with E-state index in [1.807, 2.05) is 54.7 Å². The molecule has 2 aromatic carbocycles. The lowest BCUT2D eigenvalue weighted by Gasteiger charge is -2.14. The Kier molecular flexibility index (Phi) is 4.60. The number of H-pyrrole nitrogens is 1. The van der Waals surface area contributed by atoms with Gasteiger partial charge in [-0.15, -0.1) is 0 Å². The largest absolute Gasteiger partial charge is 0.489 e. The monoisotopic (exact) mass is 348 g/mol. The second-order valence-corrected chi connectivity index (χ2v) is 6.17. The van der Waals surface area contributed by atoms with Gasteiger partial charge >= 0.3 is 6.09 Å². The molecule has 0 spiro atoms. The average Bonchev–Trinajstić information content (AvgIpc) is 3.11. The third-order valence-corrected chi connectivity index (χ3v) is 4.42. The van der Waals surface area contributed by atoms with E-state index in [0.717, 1.165) is 33.3 Å². The Labute approximate surface area is 151 Å². The number of fused-ring (bicyclic) bond motifs is 3. The fourth-order valence-electron chi connectivity index (χ4n) is 3.17. The minimum atomic E-state index is -0.404. The van der Waals surface area contributed by atoms with Gasteiger partial charge in [0.05, 0.1) is 0 Å². The number of aromatic nitrogens is 1. The summed E-state index contributed by atoms with van der Waals surface area (Å²) in [5.74, 6) is 0.899. The van der Waals surface area contributed by atoms with E-state index in [0.29, 0.717) is 19.6 Å². The highest BCUT2D eigenvalue weighted by molar-refractivity contribution is 5.94. The van der Waals surface area contributed by atoms with Crippen LogP contribution < -0.4 is 10.1 Å². The van der Waals surface area contributed by atoms with E-state index in [4.69, 9.17) is 9.47 Å². The Morgan fingerprint density at radius 3 is 2.96 bits per heavy atom. The molecule has 2 heterocycles. The van der Waals surface area contributed by atoms with E-state index < -0.39 is 6.09 Å². The molecule has 0 unspecified atom stereocenters. The summed E-state index contributed by atoms with van der Waals surface area (Å²) in [7, 11) is 0. The topological polar surface area (TPSA) is 63.4 Å². The van der Waals surface area contributed by atoms with Crippen LogP contribution in [0.2, 0.25) is 0 Å². The maximum Gasteiger partial charge on any atom is 0.407 e. The van der Waals surface area contributed by atoms with Gasteiger partial charge in [-0.1, -0.05) is 36.4 Å². The number of hydrogen-bond acceptors (Lipinski definition) is 3. The van der Waals surface area contributed by atoms with Crippen LogP contribution in [-0.2, 0) is 17.8 Å². The zero-order chi connectivity index (χ0) is 17.8. The molecule has 5 nitrogen and oxygen atoms in total. The van der Waals surface area contributed by atoms with Gasteiger partial charge in [-0.2, -0.15) is 0 Å². The van der Waals surface area contributed by atoms with Crippen molar-refractivity contribution in [1.29, 1.82) is 0 Å². The molecule has 4 rings (SSSR count). The number of alkyl carbamates (subject to hydrolysis) is 1. The molecule has 5 heteroatoms. The number of amides is 1. The lowest BCUT2D eigenvalue weighted by molar-refractivity contribution is 0.140. The molecule has 0 aliphatic carbocycles. The van der Waals surface area contributed by atoms with E-state index >= 15 is 0 Å². The van der Waals surface area contributed by atoms with Gasteiger partial charge in [0.25, 0.3) is 0 Å². The third-order valence-electron chi connectivity index (χ3n) is 4.42. The Morgan fingerprint density at radius 2 is 2.08 bits per heavy atom. The van der Waals surface area contributed by atoms with Crippen LogP contribution >= 0.6 is 0 Å². The van der Waals surface area contributed by atoms with Crippen LogP contribution in [0.3, 0.4) is 0 Å². The van der Waals surface area contributed by atoms with Crippen molar-refractivity contribution in [2.75, 3.05) is 13.2 Å². The van der Waals surface area contributed by atoms with Crippen molar-refractivity contribution < 1.29 is 14.3 Å². The molecule has 0 radical (unpaired) electrons. The smallest absolute Gasteiger partial charge is 0.407 e. The first-order chi connectivity index (χ1) is 12.8. The molecule has 0 saturated carbocycles. The summed E-state index contributed by atoms with van der Waals surface area (Å²) in [6, 6.07) is 13.7. The molecule has 2 N–H and O–H groups in total. The summed E-state index contributed by atoms with van der Waals surface area (Å²) < 4.78 is 10.9. The predicted molar refractivity (Wildman–Crippen MR) is 101 cm³/mol. The highest BCUT2D eigenvalue weighted by Gasteiger charge is 2.14. The molecule has 0 saturated heterocycles. The van der Waals surface area contributed by atoms with Gasteiger partial charge in [0, 0.05) is 29.2 Å². The van der Waals surface area contributed by atoms with E-state index in [-0.39, 0.29) is 6.61 Å². The van der Waals surface area contributed by atoms with E-state index in [9.17, 15) is 4.79 Å². The van der Waals surface area contributed by atoms with Crippen LogP contribution in [0.15, 0.2) is 54.7 Å². The van der Waals surface area contributed by atoms with E-state index in [1.54, 1.807) is 0 Å². The van der Waals surface area contributed by atoms with Gasteiger partial charge in [-0.3, -0.25) is 0 Å². The summed E-state index contributed by atoms with van der Waals surface area (Å²) in [6.45, 7) is 1.39. The van der Waals surface area contributed by atoms with Crippen molar-refractivity contribution in [3.63, 3.8) is 0 Å². The van der Waals surface area contributed by atoms with Gasteiger partial charge in [0.15, 0.2) is 0 Å². The SMILES string of the molecule is O=C(NCCc1c[nH]c2ccc3c(c12)C=CCO3)OCc1ccccc1. The maximum absolute atomic E-state index is 11.9. The van der Waals surface area contributed by atoms with Crippen molar-refractivity contribution in [1.82, 2.24) is 10.3 Å². The van der Waals surface area contributed by atoms with Gasteiger partial charge < -0.3 is 19.8 Å². The molecule has 1 aliphatic heterocycles. The van der Waals surface area contributed by atoms with Crippen LogP contribution in [0.25, 0.3) is 17.0 Å². The number of carbonyl (C=O) groups is 1. The summed E-state index contributed by atoms with van der Waals surface area (Å²) >= 11 is 0. The molecule has 1 aliphatic rings. The maximum atomic E-state index is 11.9. The summed E-state index contributed by atoms with van der Waals surface area (Å²) in [6.07, 6.45) is 6.41. The van der Waals surface area contributed by atoms with Crippen LogP contribution in [0.1, 0.15) is 16.7 Å².